The summed E-state index contributed by atoms with van der Waals surface area (Å²) in [5.74, 6) is 1.67. The molecule has 15 heavy (non-hydrogen) atoms. The van der Waals surface area contributed by atoms with Gasteiger partial charge in [0.2, 0.25) is 6.39 Å². The zero-order valence-corrected chi connectivity index (χ0v) is 10.0. The second-order valence-electron chi connectivity index (χ2n) is 5.11. The van der Waals surface area contributed by atoms with Crippen molar-refractivity contribution in [1.82, 2.24) is 10.1 Å². The molecule has 0 radical (unpaired) electrons. The summed E-state index contributed by atoms with van der Waals surface area (Å²) in [6, 6.07) is 0. The standard InChI is InChI=1S/C11H21N3O/c1-8(2)5-11(12,6-9(3)4)10-13-7-15-14-10/h7-9H,5-6,12H2,1-4H3. The van der Waals surface area contributed by atoms with Crippen molar-refractivity contribution in [3.63, 3.8) is 0 Å². The van der Waals surface area contributed by atoms with Crippen molar-refractivity contribution in [2.75, 3.05) is 0 Å². The summed E-state index contributed by atoms with van der Waals surface area (Å²) in [5.41, 5.74) is 5.93. The number of aromatic nitrogens is 2. The van der Waals surface area contributed by atoms with Gasteiger partial charge in [-0.1, -0.05) is 32.9 Å². The maximum Gasteiger partial charge on any atom is 0.213 e. The average Bonchev–Trinajstić information content (AvgIpc) is 2.51. The molecular weight excluding hydrogens is 190 g/mol. The molecule has 0 bridgehead atoms. The molecule has 1 aromatic rings. The van der Waals surface area contributed by atoms with Crippen molar-refractivity contribution in [3.05, 3.63) is 12.2 Å². The van der Waals surface area contributed by atoms with Crippen LogP contribution < -0.4 is 5.73 Å². The van der Waals surface area contributed by atoms with Gasteiger partial charge in [-0.15, -0.1) is 0 Å². The minimum absolute atomic E-state index is 0.449. The van der Waals surface area contributed by atoms with Gasteiger partial charge in [0.15, 0.2) is 5.82 Å². The fraction of sp³-hybridized carbons (Fsp3) is 0.818. The van der Waals surface area contributed by atoms with Crippen molar-refractivity contribution in [2.24, 2.45) is 17.6 Å². The second kappa shape index (κ2) is 4.75. The lowest BCUT2D eigenvalue weighted by Gasteiger charge is -2.29. The zero-order valence-electron chi connectivity index (χ0n) is 10.0. The second-order valence-corrected chi connectivity index (χ2v) is 5.11. The fourth-order valence-corrected chi connectivity index (χ4v) is 2.11. The van der Waals surface area contributed by atoms with E-state index in [0.29, 0.717) is 17.7 Å². The summed E-state index contributed by atoms with van der Waals surface area (Å²) in [6.45, 7) is 8.62. The molecule has 0 spiro atoms. The van der Waals surface area contributed by atoms with E-state index in [0.717, 1.165) is 12.8 Å². The van der Waals surface area contributed by atoms with E-state index in [-0.39, 0.29) is 0 Å². The van der Waals surface area contributed by atoms with Crippen LogP contribution in [0.1, 0.15) is 46.4 Å². The maximum absolute atomic E-state index is 6.38. The highest BCUT2D eigenvalue weighted by molar-refractivity contribution is 5.02. The molecule has 86 valence electrons. The van der Waals surface area contributed by atoms with Crippen LogP contribution in [0, 0.1) is 11.8 Å². The van der Waals surface area contributed by atoms with Crippen LogP contribution in [0.3, 0.4) is 0 Å². The predicted molar refractivity (Wildman–Crippen MR) is 59.1 cm³/mol. The molecule has 0 saturated heterocycles. The number of nitrogens with two attached hydrogens (primary N) is 1. The summed E-state index contributed by atoms with van der Waals surface area (Å²) in [6.07, 6.45) is 3.10. The third-order valence-corrected chi connectivity index (χ3v) is 2.35. The Morgan fingerprint density at radius 2 is 1.80 bits per heavy atom. The molecule has 4 nitrogen and oxygen atoms in total. The van der Waals surface area contributed by atoms with Crippen molar-refractivity contribution in [2.45, 2.75) is 46.1 Å². The van der Waals surface area contributed by atoms with E-state index in [1.165, 1.54) is 6.39 Å². The van der Waals surface area contributed by atoms with E-state index in [2.05, 4.69) is 37.8 Å². The zero-order chi connectivity index (χ0) is 11.5. The first-order chi connectivity index (χ1) is 6.94. The number of hydrogen-bond donors (Lipinski definition) is 1. The Morgan fingerprint density at radius 3 is 2.13 bits per heavy atom. The quantitative estimate of drug-likeness (QED) is 0.811. The van der Waals surface area contributed by atoms with Crippen LogP contribution in [-0.4, -0.2) is 10.1 Å². The Hall–Kier alpha value is -0.900. The Bertz CT molecular complexity index is 270. The van der Waals surface area contributed by atoms with Gasteiger partial charge in [-0.05, 0) is 24.7 Å². The summed E-state index contributed by atoms with van der Waals surface area (Å²) >= 11 is 0. The molecule has 1 aromatic heterocycles. The Morgan fingerprint density at radius 1 is 1.27 bits per heavy atom. The molecule has 0 saturated carbocycles. The third kappa shape index (κ3) is 3.30. The minimum Gasteiger partial charge on any atom is -0.343 e. The summed E-state index contributed by atoms with van der Waals surface area (Å²) in [5, 5.41) is 3.88. The van der Waals surface area contributed by atoms with Crippen LogP contribution in [0.25, 0.3) is 0 Å². The van der Waals surface area contributed by atoms with E-state index in [1.807, 2.05) is 0 Å². The highest BCUT2D eigenvalue weighted by Crippen LogP contribution is 2.30. The summed E-state index contributed by atoms with van der Waals surface area (Å²) in [4.78, 5) is 4.09. The number of nitrogens with zero attached hydrogens (tertiary/aromatic N) is 2. The molecule has 0 atom stereocenters. The van der Waals surface area contributed by atoms with Gasteiger partial charge in [-0.25, -0.2) is 0 Å². The van der Waals surface area contributed by atoms with Gasteiger partial charge in [-0.2, -0.15) is 4.98 Å². The van der Waals surface area contributed by atoms with Crippen LogP contribution in [-0.2, 0) is 5.54 Å². The maximum atomic E-state index is 6.38. The third-order valence-electron chi connectivity index (χ3n) is 2.35. The highest BCUT2D eigenvalue weighted by Gasteiger charge is 2.33. The number of rotatable bonds is 5. The Labute approximate surface area is 91.2 Å². The predicted octanol–water partition coefficient (Wildman–Crippen LogP) is 2.32. The van der Waals surface area contributed by atoms with Gasteiger partial charge in [0.05, 0.1) is 5.54 Å². The van der Waals surface area contributed by atoms with E-state index >= 15 is 0 Å². The van der Waals surface area contributed by atoms with Gasteiger partial charge in [0.25, 0.3) is 0 Å². The largest absolute Gasteiger partial charge is 0.343 e. The molecule has 0 aliphatic rings. The molecule has 0 aliphatic heterocycles. The Kier molecular flexibility index (Phi) is 3.85. The molecule has 0 aliphatic carbocycles. The lowest BCUT2D eigenvalue weighted by Crippen LogP contribution is -2.40. The van der Waals surface area contributed by atoms with Crippen LogP contribution in [0.2, 0.25) is 0 Å². The fourth-order valence-electron chi connectivity index (χ4n) is 2.11. The van der Waals surface area contributed by atoms with Gasteiger partial charge in [0.1, 0.15) is 0 Å². The molecular formula is C11H21N3O. The lowest BCUT2D eigenvalue weighted by molar-refractivity contribution is 0.264. The molecule has 1 rings (SSSR count). The molecule has 4 heteroatoms. The van der Waals surface area contributed by atoms with E-state index in [9.17, 15) is 0 Å². The number of hydrogen-bond acceptors (Lipinski definition) is 4. The highest BCUT2D eigenvalue weighted by atomic mass is 16.5. The molecule has 1 heterocycles. The first-order valence-corrected chi connectivity index (χ1v) is 5.50. The van der Waals surface area contributed by atoms with Crippen molar-refractivity contribution in [3.8, 4) is 0 Å². The first-order valence-electron chi connectivity index (χ1n) is 5.50. The first kappa shape index (κ1) is 12.2. The van der Waals surface area contributed by atoms with E-state index in [4.69, 9.17) is 10.3 Å². The van der Waals surface area contributed by atoms with Crippen LogP contribution >= 0.6 is 0 Å². The topological polar surface area (TPSA) is 64.9 Å². The molecule has 0 aromatic carbocycles. The van der Waals surface area contributed by atoms with E-state index in [1.54, 1.807) is 0 Å². The van der Waals surface area contributed by atoms with Gasteiger partial charge < -0.3 is 10.3 Å². The van der Waals surface area contributed by atoms with Gasteiger partial charge in [0, 0.05) is 0 Å². The lowest BCUT2D eigenvalue weighted by atomic mass is 9.82. The average molecular weight is 211 g/mol. The summed E-state index contributed by atoms with van der Waals surface area (Å²) < 4.78 is 4.78. The monoisotopic (exact) mass is 211 g/mol. The van der Waals surface area contributed by atoms with Crippen LogP contribution in [0.4, 0.5) is 0 Å². The summed E-state index contributed by atoms with van der Waals surface area (Å²) in [7, 11) is 0. The van der Waals surface area contributed by atoms with Crippen LogP contribution in [0.5, 0.6) is 0 Å². The van der Waals surface area contributed by atoms with Gasteiger partial charge in [-0.3, -0.25) is 0 Å². The van der Waals surface area contributed by atoms with Crippen molar-refractivity contribution in [1.29, 1.82) is 0 Å². The molecule has 0 fully saturated rings. The van der Waals surface area contributed by atoms with Crippen molar-refractivity contribution < 1.29 is 4.52 Å². The van der Waals surface area contributed by atoms with Crippen LogP contribution in [0.15, 0.2) is 10.9 Å². The SMILES string of the molecule is CC(C)CC(N)(CC(C)C)c1ncon1. The van der Waals surface area contributed by atoms with Crippen molar-refractivity contribution >= 4 is 0 Å². The van der Waals surface area contributed by atoms with E-state index < -0.39 is 5.54 Å². The molecule has 0 unspecified atom stereocenters. The normalized spacial score (nSPS) is 12.7. The minimum atomic E-state index is -0.449. The molecule has 2 N–H and O–H groups in total. The molecule has 0 amide bonds. The smallest absolute Gasteiger partial charge is 0.213 e. The van der Waals surface area contributed by atoms with Gasteiger partial charge >= 0.3 is 0 Å². The Balaban J connectivity index is 2.85.